The number of amides is 5. The summed E-state index contributed by atoms with van der Waals surface area (Å²) < 4.78 is 36.0. The van der Waals surface area contributed by atoms with E-state index in [0.29, 0.717) is 19.3 Å². The number of nitro benzene ring substituents is 2. The number of methoxy groups -OCH3 is 3. The molecule has 8 rings (SSSR count). The molecule has 0 aromatic heterocycles. The summed E-state index contributed by atoms with van der Waals surface area (Å²) in [5.41, 5.74) is -5.10. The number of esters is 5. The number of halogens is 1. The third kappa shape index (κ3) is 19.3. The predicted molar refractivity (Wildman–Crippen MR) is 341 cm³/mol. The Balaban J connectivity index is 0.000000478. The molecule has 12 atom stereocenters. The number of carbonyl (C=O) groups excluding carboxylic acids is 10. The lowest BCUT2D eigenvalue weighted by molar-refractivity contribution is -0.385. The first-order valence-corrected chi connectivity index (χ1v) is 28.6. The van der Waals surface area contributed by atoms with Crippen LogP contribution in [0.1, 0.15) is 123 Å². The maximum atomic E-state index is 13.3. The quantitative estimate of drug-likeness (QED) is 0.0375. The lowest BCUT2D eigenvalue weighted by atomic mass is 10.1. The lowest BCUT2D eigenvalue weighted by Gasteiger charge is -2.28. The summed E-state index contributed by atoms with van der Waals surface area (Å²) in [4.78, 5) is 148. The number of likely N-dealkylation sites (tertiary alicyclic amines) is 2. The number of aliphatic hydroxyl groups excluding tert-OH is 1. The highest BCUT2D eigenvalue weighted by Crippen LogP contribution is 2.47. The summed E-state index contributed by atoms with van der Waals surface area (Å²) in [6.45, 7) is 21.3. The highest BCUT2D eigenvalue weighted by atomic mass is 35.5. The minimum Gasteiger partial charge on any atom is -0.467 e. The van der Waals surface area contributed by atoms with Gasteiger partial charge in [-0.25, -0.2) is 33.6 Å². The van der Waals surface area contributed by atoms with Gasteiger partial charge in [-0.3, -0.25) is 44.4 Å². The van der Waals surface area contributed by atoms with E-state index < -0.39 is 128 Å². The smallest absolute Gasteiger partial charge is 0.411 e. The zero-order chi connectivity index (χ0) is 67.0. The second-order valence-corrected chi connectivity index (χ2v) is 24.3. The normalized spacial score (nSPS) is 26.3. The minimum atomic E-state index is -1.26. The minimum absolute atomic E-state index is 0. The van der Waals surface area contributed by atoms with Crippen molar-refractivity contribution in [3.8, 4) is 0 Å². The number of rotatable bonds is 18. The van der Waals surface area contributed by atoms with Gasteiger partial charge in [-0.15, -0.1) is 32.1 Å². The van der Waals surface area contributed by atoms with Crippen molar-refractivity contribution in [1.82, 2.24) is 31.1 Å². The fourth-order valence-electron chi connectivity index (χ4n) is 10.6. The van der Waals surface area contributed by atoms with Crippen LogP contribution in [-0.4, -0.2) is 190 Å². The average Bonchev–Trinajstić information content (AvgIpc) is 1.60. The summed E-state index contributed by atoms with van der Waals surface area (Å²) in [5, 5.41) is 42.5. The van der Waals surface area contributed by atoms with Crippen molar-refractivity contribution in [2.45, 2.75) is 167 Å². The first kappa shape index (κ1) is 81.1. The van der Waals surface area contributed by atoms with Gasteiger partial charge in [0.1, 0.15) is 52.1 Å². The van der Waals surface area contributed by atoms with Crippen molar-refractivity contribution in [1.29, 1.82) is 0 Å². The van der Waals surface area contributed by atoms with E-state index in [2.05, 4.69) is 41.0 Å². The average molecular weight is 1350 g/mol. The van der Waals surface area contributed by atoms with Crippen LogP contribution in [0.2, 0.25) is 0 Å². The zero-order valence-electron chi connectivity index (χ0n) is 51.7. The summed E-state index contributed by atoms with van der Waals surface area (Å²) in [5.74, 6) is -5.32. The van der Waals surface area contributed by atoms with Gasteiger partial charge in [0, 0.05) is 67.8 Å². The molecule has 3 aliphatic heterocycles. The molecule has 5 amide bonds. The van der Waals surface area contributed by atoms with Gasteiger partial charge in [-0.05, 0) is 85.1 Å². The standard InChI is InChI=1S/C24H29N3O9.C19H21N3O7.C17H26N2O6.3CH4.ClH/c1-6-15-12-24(15,21(30)34-5)25-19(28)18-11-17(13-26(18)22(31)36-23(2,3)4)35-20(29)14-7-9-16(10-8-14)27(32)33;1-3-12-9-19(12,18(25)28-2)21-16(23)15-8-14(10-20-15)29-17(24)11-4-6-13(7-5-11)22(26)27;1-6-10-8-17(10,14(22)24-5)18-13(21)12-7-11(20)9-19(12)15(23)25-16(2,3)4;;;;/h6-10,15,17-18H,1,11-13H2,2-5H3,(H,25,28);3-7,12,14-15,20H,1,8-10H2,2H3,(H,21,23);6,10-12,20H,1,7-9H2,2-5H3,(H,18,21);3*1H4;1H/t15-,17?,18+,24-;12-,14?,15+,19-;10-,11?,12+,17-;;;;/m111..../s1. The number of nitrogens with zero attached hydrogens (tertiary/aromatic N) is 4. The summed E-state index contributed by atoms with van der Waals surface area (Å²) in [6.07, 6.45) is 2.48. The third-order valence-electron chi connectivity index (χ3n) is 15.6. The van der Waals surface area contributed by atoms with E-state index in [-0.39, 0.29) is 120 Å². The van der Waals surface area contributed by atoms with Crippen molar-refractivity contribution < 1.29 is 96.1 Å². The summed E-state index contributed by atoms with van der Waals surface area (Å²) >= 11 is 0. The molecular formula is C63H89ClN8O22. The largest absolute Gasteiger partial charge is 0.467 e. The van der Waals surface area contributed by atoms with Gasteiger partial charge >= 0.3 is 42.0 Å². The maximum Gasteiger partial charge on any atom is 0.411 e. The van der Waals surface area contributed by atoms with E-state index in [1.54, 1.807) is 59.8 Å². The SMILES string of the molecule is C.C.C.C=C[C@@H]1C[C@]1(NC(=O)[C@@H]1CC(O)CN1C(=O)OC(C)(C)C)C(=O)OC.C=C[C@@H]1C[C@]1(NC(=O)[C@@H]1CC(OC(=O)c2ccc([N+](=O)[O-])cc2)CN1)C(=O)OC.C=C[C@@H]1C[C@]1(NC(=O)[C@@H]1CC(OC(=O)c2ccc([N+](=O)[O-])cc2)CN1C(=O)OC(C)(C)C)C(=O)OC.Cl. The Morgan fingerprint density at radius 1 is 0.564 bits per heavy atom. The first-order valence-electron chi connectivity index (χ1n) is 28.6. The molecule has 6 fully saturated rings. The zero-order valence-corrected chi connectivity index (χ0v) is 52.6. The van der Waals surface area contributed by atoms with Crippen LogP contribution in [0.25, 0.3) is 0 Å². The van der Waals surface area contributed by atoms with E-state index in [1.165, 1.54) is 74.8 Å². The van der Waals surface area contributed by atoms with Crippen LogP contribution in [-0.2, 0) is 61.9 Å². The Bertz CT molecular complexity index is 3170. The van der Waals surface area contributed by atoms with Crippen LogP contribution in [0.4, 0.5) is 21.0 Å². The van der Waals surface area contributed by atoms with Crippen LogP contribution < -0.4 is 21.3 Å². The number of benzene rings is 2. The number of β-amino-alcohol motifs (C(OH)–C–C–N with tert-alkyl or cyclic N) is 1. The van der Waals surface area contributed by atoms with Crippen molar-refractivity contribution in [2.24, 2.45) is 17.8 Å². The lowest BCUT2D eigenvalue weighted by Crippen LogP contribution is -2.53. The van der Waals surface area contributed by atoms with Crippen molar-refractivity contribution >= 4 is 83.5 Å². The van der Waals surface area contributed by atoms with Gasteiger partial charge in [0.25, 0.3) is 11.4 Å². The molecule has 3 unspecified atom stereocenters. The van der Waals surface area contributed by atoms with Crippen molar-refractivity contribution in [3.63, 3.8) is 0 Å². The molecule has 3 saturated carbocycles. The molecule has 3 aliphatic carbocycles. The third-order valence-corrected chi connectivity index (χ3v) is 15.6. The molecule has 2 aromatic rings. The number of nitro groups is 2. The molecule has 0 bridgehead atoms. The summed E-state index contributed by atoms with van der Waals surface area (Å²) in [6, 6.07) is 7.32. The Hall–Kier alpha value is -9.03. The van der Waals surface area contributed by atoms with E-state index in [9.17, 15) is 73.3 Å². The molecule has 0 spiro atoms. The first-order chi connectivity index (χ1) is 42.1. The van der Waals surface area contributed by atoms with Crippen molar-refractivity contribution in [3.05, 3.63) is 118 Å². The van der Waals surface area contributed by atoms with E-state index in [1.807, 2.05) is 0 Å². The molecule has 5 N–H and O–H groups in total. The van der Waals surface area contributed by atoms with Gasteiger partial charge in [0.15, 0.2) is 0 Å². The molecule has 3 saturated heterocycles. The van der Waals surface area contributed by atoms with Gasteiger partial charge < -0.3 is 59.5 Å². The fraction of sp³-hybridized carbons (Fsp3) is 0.556. The molecule has 6 aliphatic rings. The number of hydrogen-bond donors (Lipinski definition) is 5. The van der Waals surface area contributed by atoms with Crippen LogP contribution in [0, 0.1) is 38.0 Å². The van der Waals surface area contributed by atoms with E-state index >= 15 is 0 Å². The number of non-ortho nitro benzene ring substituents is 2. The summed E-state index contributed by atoms with van der Waals surface area (Å²) in [7, 11) is 3.72. The van der Waals surface area contributed by atoms with Crippen LogP contribution in [0.5, 0.6) is 0 Å². The van der Waals surface area contributed by atoms with E-state index in [0.717, 1.165) is 4.90 Å². The van der Waals surface area contributed by atoms with Gasteiger partial charge in [-0.2, -0.15) is 0 Å². The van der Waals surface area contributed by atoms with Gasteiger partial charge in [0.2, 0.25) is 17.7 Å². The molecule has 30 nitrogen and oxygen atoms in total. The van der Waals surface area contributed by atoms with Crippen LogP contribution in [0.15, 0.2) is 86.5 Å². The highest BCUT2D eigenvalue weighted by Gasteiger charge is 2.64. The predicted octanol–water partition coefficient (Wildman–Crippen LogP) is 6.00. The van der Waals surface area contributed by atoms with Gasteiger partial charge in [0.05, 0.1) is 67.5 Å². The molecule has 0 radical (unpaired) electrons. The van der Waals surface area contributed by atoms with Crippen LogP contribution in [0.3, 0.4) is 0 Å². The molecule has 2 aromatic carbocycles. The van der Waals surface area contributed by atoms with Gasteiger partial charge in [-0.1, -0.05) is 40.5 Å². The van der Waals surface area contributed by atoms with Crippen molar-refractivity contribution in [2.75, 3.05) is 41.0 Å². The Morgan fingerprint density at radius 2 is 0.904 bits per heavy atom. The number of hydrogen-bond acceptors (Lipinski definition) is 23. The highest BCUT2D eigenvalue weighted by molar-refractivity contribution is 5.97. The number of aliphatic hydroxyl groups is 1. The molecule has 520 valence electrons. The number of nitrogens with one attached hydrogen (secondary N) is 4. The maximum absolute atomic E-state index is 13.3. The Morgan fingerprint density at radius 3 is 1.23 bits per heavy atom. The monoisotopic (exact) mass is 1340 g/mol. The molecule has 3 heterocycles. The molecule has 94 heavy (non-hydrogen) atoms. The van der Waals surface area contributed by atoms with Crippen LogP contribution >= 0.6 is 12.4 Å². The fourth-order valence-corrected chi connectivity index (χ4v) is 10.6. The Kier molecular flexibility index (Phi) is 28.2. The second kappa shape index (κ2) is 32.7. The van der Waals surface area contributed by atoms with E-state index in [4.69, 9.17) is 33.2 Å². The number of carbonyl (C=O) groups is 10. The number of ether oxygens (including phenoxy) is 7. The molecular weight excluding hydrogens is 1260 g/mol. The topological polar surface area (TPSA) is 396 Å². The second-order valence-electron chi connectivity index (χ2n) is 24.3. The molecule has 31 heteroatoms. The Labute approximate surface area is 551 Å².